The van der Waals surface area contributed by atoms with Gasteiger partial charge in [0.05, 0.1) is 0 Å². The van der Waals surface area contributed by atoms with Gasteiger partial charge in [-0.2, -0.15) is 0 Å². The maximum atomic E-state index is 14.0. The Hall–Kier alpha value is -0.930. The van der Waals surface area contributed by atoms with E-state index < -0.39 is 0 Å². The third-order valence-corrected chi connectivity index (χ3v) is 4.26. The minimum Gasteiger partial charge on any atom is -0.313 e. The maximum absolute atomic E-state index is 14.0. The SMILES string of the molecule is CCNCc1ccc(F)c(CN2CCCC(CC)C2)c1. The quantitative estimate of drug-likeness (QED) is 0.856. The lowest BCUT2D eigenvalue weighted by Crippen LogP contribution is -2.34. The molecule has 1 N–H and O–H groups in total. The van der Waals surface area contributed by atoms with Crippen LogP contribution in [0.5, 0.6) is 0 Å². The lowest BCUT2D eigenvalue weighted by molar-refractivity contribution is 0.163. The third-order valence-electron chi connectivity index (χ3n) is 4.26. The summed E-state index contributed by atoms with van der Waals surface area (Å²) in [6.07, 6.45) is 3.81. The summed E-state index contributed by atoms with van der Waals surface area (Å²) in [4.78, 5) is 2.41. The second-order valence-corrected chi connectivity index (χ2v) is 5.86. The van der Waals surface area contributed by atoms with Crippen molar-refractivity contribution >= 4 is 0 Å². The van der Waals surface area contributed by atoms with E-state index in [0.29, 0.717) is 0 Å². The number of rotatable bonds is 6. The normalized spacial score (nSPS) is 20.2. The largest absolute Gasteiger partial charge is 0.313 e. The predicted molar refractivity (Wildman–Crippen MR) is 82.1 cm³/mol. The van der Waals surface area contributed by atoms with Crippen molar-refractivity contribution in [2.45, 2.75) is 46.2 Å². The minimum atomic E-state index is -0.0659. The molecule has 1 heterocycles. The molecule has 0 bridgehead atoms. The van der Waals surface area contributed by atoms with Crippen molar-refractivity contribution < 1.29 is 4.39 Å². The Kier molecular flexibility index (Phi) is 5.99. The van der Waals surface area contributed by atoms with E-state index in [1.807, 2.05) is 12.1 Å². The highest BCUT2D eigenvalue weighted by molar-refractivity contribution is 5.25. The van der Waals surface area contributed by atoms with Gasteiger partial charge in [0, 0.05) is 25.2 Å². The lowest BCUT2D eigenvalue weighted by atomic mass is 9.95. The summed E-state index contributed by atoms with van der Waals surface area (Å²) in [5, 5.41) is 3.29. The molecule has 2 rings (SSSR count). The zero-order valence-corrected chi connectivity index (χ0v) is 12.8. The predicted octanol–water partition coefficient (Wildman–Crippen LogP) is 3.56. The van der Waals surface area contributed by atoms with Gasteiger partial charge in [-0.05, 0) is 43.5 Å². The molecule has 1 saturated heterocycles. The molecule has 0 saturated carbocycles. The molecule has 3 heteroatoms. The van der Waals surface area contributed by atoms with Crippen LogP contribution in [0.15, 0.2) is 18.2 Å². The van der Waals surface area contributed by atoms with E-state index in [2.05, 4.69) is 24.1 Å². The molecule has 0 aromatic heterocycles. The molecule has 0 aliphatic carbocycles. The van der Waals surface area contributed by atoms with Crippen LogP contribution < -0.4 is 5.32 Å². The van der Waals surface area contributed by atoms with Crippen molar-refractivity contribution in [3.63, 3.8) is 0 Å². The topological polar surface area (TPSA) is 15.3 Å². The summed E-state index contributed by atoms with van der Waals surface area (Å²) in [5.74, 6) is 0.723. The summed E-state index contributed by atoms with van der Waals surface area (Å²) < 4.78 is 14.0. The average molecular weight is 278 g/mol. The highest BCUT2D eigenvalue weighted by Gasteiger charge is 2.19. The van der Waals surface area contributed by atoms with Crippen molar-refractivity contribution in [1.29, 1.82) is 0 Å². The van der Waals surface area contributed by atoms with Crippen molar-refractivity contribution in [2.75, 3.05) is 19.6 Å². The molecule has 0 radical (unpaired) electrons. The summed E-state index contributed by atoms with van der Waals surface area (Å²) >= 11 is 0. The molecule has 20 heavy (non-hydrogen) atoms. The molecule has 2 nitrogen and oxygen atoms in total. The molecule has 0 spiro atoms. The number of benzene rings is 1. The highest BCUT2D eigenvalue weighted by Crippen LogP contribution is 2.22. The van der Waals surface area contributed by atoms with Gasteiger partial charge in [0.25, 0.3) is 0 Å². The summed E-state index contributed by atoms with van der Waals surface area (Å²) in [7, 11) is 0. The first-order valence-corrected chi connectivity index (χ1v) is 7.93. The summed E-state index contributed by atoms with van der Waals surface area (Å²) in [6.45, 7) is 9.08. The third kappa shape index (κ3) is 4.29. The van der Waals surface area contributed by atoms with Crippen LogP contribution in [0.25, 0.3) is 0 Å². The molecule has 1 aromatic carbocycles. The molecule has 112 valence electrons. The fraction of sp³-hybridized carbons (Fsp3) is 0.647. The summed E-state index contributed by atoms with van der Waals surface area (Å²) in [6, 6.07) is 5.52. The number of halogens is 1. The van der Waals surface area contributed by atoms with E-state index in [0.717, 1.165) is 44.2 Å². The molecular weight excluding hydrogens is 251 g/mol. The fourth-order valence-corrected chi connectivity index (χ4v) is 3.00. The summed E-state index contributed by atoms with van der Waals surface area (Å²) in [5.41, 5.74) is 2.02. The van der Waals surface area contributed by atoms with E-state index in [1.54, 1.807) is 6.07 Å². The van der Waals surface area contributed by atoms with Crippen LogP contribution in [0.4, 0.5) is 4.39 Å². The number of hydrogen-bond acceptors (Lipinski definition) is 2. The van der Waals surface area contributed by atoms with Crippen molar-refractivity contribution in [1.82, 2.24) is 10.2 Å². The van der Waals surface area contributed by atoms with Gasteiger partial charge in [0.15, 0.2) is 0 Å². The van der Waals surface area contributed by atoms with Crippen LogP contribution in [0.2, 0.25) is 0 Å². The zero-order valence-electron chi connectivity index (χ0n) is 12.8. The molecule has 1 atom stereocenters. The second kappa shape index (κ2) is 7.75. The number of hydrogen-bond donors (Lipinski definition) is 1. The van der Waals surface area contributed by atoms with Gasteiger partial charge >= 0.3 is 0 Å². The number of nitrogens with one attached hydrogen (secondary N) is 1. The Bertz CT molecular complexity index is 419. The fourth-order valence-electron chi connectivity index (χ4n) is 3.00. The van der Waals surface area contributed by atoms with Crippen LogP contribution >= 0.6 is 0 Å². The van der Waals surface area contributed by atoms with Crippen LogP contribution in [0.1, 0.15) is 44.2 Å². The first-order chi connectivity index (χ1) is 9.72. The molecule has 1 aliphatic heterocycles. The van der Waals surface area contributed by atoms with Gasteiger partial charge in [-0.15, -0.1) is 0 Å². The Morgan fingerprint density at radius 3 is 2.95 bits per heavy atom. The first kappa shape index (κ1) is 15.5. The maximum Gasteiger partial charge on any atom is 0.127 e. The molecule has 1 unspecified atom stereocenters. The van der Waals surface area contributed by atoms with E-state index in [4.69, 9.17) is 0 Å². The van der Waals surface area contributed by atoms with Gasteiger partial charge in [0.1, 0.15) is 5.82 Å². The molecule has 1 fully saturated rings. The Morgan fingerprint density at radius 2 is 2.20 bits per heavy atom. The van der Waals surface area contributed by atoms with Crippen LogP contribution in [0.3, 0.4) is 0 Å². The first-order valence-electron chi connectivity index (χ1n) is 7.93. The van der Waals surface area contributed by atoms with E-state index >= 15 is 0 Å². The average Bonchev–Trinajstić information content (AvgIpc) is 2.48. The number of nitrogens with zero attached hydrogens (tertiary/aromatic N) is 1. The van der Waals surface area contributed by atoms with Gasteiger partial charge in [-0.3, -0.25) is 4.90 Å². The van der Waals surface area contributed by atoms with Crippen molar-refractivity contribution in [2.24, 2.45) is 5.92 Å². The zero-order chi connectivity index (χ0) is 14.4. The Labute approximate surface area is 122 Å². The molecule has 1 aliphatic rings. The smallest absolute Gasteiger partial charge is 0.127 e. The number of piperidine rings is 1. The van der Waals surface area contributed by atoms with E-state index in [1.165, 1.54) is 24.8 Å². The van der Waals surface area contributed by atoms with Crippen LogP contribution in [-0.2, 0) is 13.1 Å². The van der Waals surface area contributed by atoms with Crippen LogP contribution in [0, 0.1) is 11.7 Å². The van der Waals surface area contributed by atoms with E-state index in [9.17, 15) is 4.39 Å². The van der Waals surface area contributed by atoms with E-state index in [-0.39, 0.29) is 5.82 Å². The minimum absolute atomic E-state index is 0.0659. The van der Waals surface area contributed by atoms with Gasteiger partial charge in [-0.1, -0.05) is 32.4 Å². The molecule has 1 aromatic rings. The molecular formula is C17H27FN2. The highest BCUT2D eigenvalue weighted by atomic mass is 19.1. The monoisotopic (exact) mass is 278 g/mol. The lowest BCUT2D eigenvalue weighted by Gasteiger charge is -2.32. The van der Waals surface area contributed by atoms with Crippen molar-refractivity contribution in [3.8, 4) is 0 Å². The number of likely N-dealkylation sites (tertiary alicyclic amines) is 1. The second-order valence-electron chi connectivity index (χ2n) is 5.86. The Morgan fingerprint density at radius 1 is 1.35 bits per heavy atom. The molecule has 0 amide bonds. The van der Waals surface area contributed by atoms with Gasteiger partial charge in [0.2, 0.25) is 0 Å². The van der Waals surface area contributed by atoms with Crippen LogP contribution in [-0.4, -0.2) is 24.5 Å². The standard InChI is InChI=1S/C17H27FN2/c1-3-14-6-5-9-20(12-14)13-16-10-15(11-19-4-2)7-8-17(16)18/h7-8,10,14,19H,3-6,9,11-13H2,1-2H3. The Balaban J connectivity index is 2.00. The van der Waals surface area contributed by atoms with Gasteiger partial charge in [-0.25, -0.2) is 4.39 Å². The van der Waals surface area contributed by atoms with Gasteiger partial charge < -0.3 is 5.32 Å². The van der Waals surface area contributed by atoms with Crippen molar-refractivity contribution in [3.05, 3.63) is 35.1 Å².